The lowest BCUT2D eigenvalue weighted by Gasteiger charge is -2.25. The van der Waals surface area contributed by atoms with Crippen LogP contribution in [0, 0.1) is 5.92 Å². The van der Waals surface area contributed by atoms with Crippen molar-refractivity contribution in [2.45, 2.75) is 38.3 Å². The molecule has 1 saturated carbocycles. The SMILES string of the molecule is OC1CCCC(CNCc2ncccn2)C1. The van der Waals surface area contributed by atoms with Crippen LogP contribution in [0.3, 0.4) is 0 Å². The summed E-state index contributed by atoms with van der Waals surface area (Å²) < 4.78 is 0. The zero-order valence-electron chi connectivity index (χ0n) is 9.47. The minimum atomic E-state index is -0.0893. The van der Waals surface area contributed by atoms with Crippen LogP contribution < -0.4 is 5.32 Å². The van der Waals surface area contributed by atoms with Crippen molar-refractivity contribution in [1.82, 2.24) is 15.3 Å². The molecule has 2 rings (SSSR count). The Morgan fingerprint density at radius 1 is 1.31 bits per heavy atom. The van der Waals surface area contributed by atoms with Crippen LogP contribution in [0.25, 0.3) is 0 Å². The van der Waals surface area contributed by atoms with Gasteiger partial charge in [-0.1, -0.05) is 6.42 Å². The highest BCUT2D eigenvalue weighted by Crippen LogP contribution is 2.23. The van der Waals surface area contributed by atoms with Crippen molar-refractivity contribution in [1.29, 1.82) is 0 Å². The van der Waals surface area contributed by atoms with Crippen LogP contribution in [0.2, 0.25) is 0 Å². The van der Waals surface area contributed by atoms with E-state index in [9.17, 15) is 5.11 Å². The van der Waals surface area contributed by atoms with Gasteiger partial charge in [-0.15, -0.1) is 0 Å². The molecule has 0 saturated heterocycles. The minimum absolute atomic E-state index is 0.0893. The normalized spacial score (nSPS) is 25.6. The van der Waals surface area contributed by atoms with Gasteiger partial charge >= 0.3 is 0 Å². The van der Waals surface area contributed by atoms with Gasteiger partial charge in [0.15, 0.2) is 0 Å². The van der Waals surface area contributed by atoms with Gasteiger partial charge in [-0.05, 0) is 37.8 Å². The Balaban J connectivity index is 1.68. The second-order valence-corrected chi connectivity index (χ2v) is 4.48. The van der Waals surface area contributed by atoms with E-state index in [0.29, 0.717) is 12.5 Å². The summed E-state index contributed by atoms with van der Waals surface area (Å²) in [6.45, 7) is 1.67. The first kappa shape index (κ1) is 11.5. The highest BCUT2D eigenvalue weighted by atomic mass is 16.3. The first-order valence-corrected chi connectivity index (χ1v) is 5.99. The molecule has 4 nitrogen and oxygen atoms in total. The molecule has 16 heavy (non-hydrogen) atoms. The van der Waals surface area contributed by atoms with Crippen molar-refractivity contribution in [2.24, 2.45) is 5.92 Å². The van der Waals surface area contributed by atoms with Crippen LogP contribution in [-0.2, 0) is 6.54 Å². The molecule has 2 N–H and O–H groups in total. The number of nitrogens with zero attached hydrogens (tertiary/aromatic N) is 2. The van der Waals surface area contributed by atoms with Gasteiger partial charge in [-0.3, -0.25) is 0 Å². The monoisotopic (exact) mass is 221 g/mol. The van der Waals surface area contributed by atoms with Crippen LogP contribution in [0.1, 0.15) is 31.5 Å². The third-order valence-corrected chi connectivity index (χ3v) is 3.09. The van der Waals surface area contributed by atoms with Gasteiger partial charge in [-0.2, -0.15) is 0 Å². The van der Waals surface area contributed by atoms with Crippen LogP contribution in [0.5, 0.6) is 0 Å². The van der Waals surface area contributed by atoms with Crippen molar-refractivity contribution < 1.29 is 5.11 Å². The molecule has 2 atom stereocenters. The number of hydrogen-bond donors (Lipinski definition) is 2. The molecule has 4 heteroatoms. The summed E-state index contributed by atoms with van der Waals surface area (Å²) in [5.74, 6) is 1.44. The van der Waals surface area contributed by atoms with Crippen molar-refractivity contribution >= 4 is 0 Å². The fourth-order valence-corrected chi connectivity index (χ4v) is 2.26. The van der Waals surface area contributed by atoms with Gasteiger partial charge in [0.2, 0.25) is 0 Å². The molecule has 1 aromatic heterocycles. The minimum Gasteiger partial charge on any atom is -0.393 e. The van der Waals surface area contributed by atoms with Crippen LogP contribution in [0.4, 0.5) is 0 Å². The van der Waals surface area contributed by atoms with E-state index in [1.54, 1.807) is 12.4 Å². The lowest BCUT2D eigenvalue weighted by atomic mass is 9.87. The molecule has 1 aliphatic carbocycles. The number of aliphatic hydroxyl groups is 1. The number of hydrogen-bond acceptors (Lipinski definition) is 4. The summed E-state index contributed by atoms with van der Waals surface area (Å²) in [4.78, 5) is 8.31. The van der Waals surface area contributed by atoms with Gasteiger partial charge in [-0.25, -0.2) is 9.97 Å². The van der Waals surface area contributed by atoms with Gasteiger partial charge < -0.3 is 10.4 Å². The second kappa shape index (κ2) is 5.92. The predicted octanol–water partition coefficient (Wildman–Crippen LogP) is 1.12. The van der Waals surface area contributed by atoms with E-state index in [0.717, 1.165) is 31.6 Å². The maximum Gasteiger partial charge on any atom is 0.141 e. The smallest absolute Gasteiger partial charge is 0.141 e. The first-order valence-electron chi connectivity index (χ1n) is 5.99. The molecule has 1 aliphatic rings. The fraction of sp³-hybridized carbons (Fsp3) is 0.667. The maximum atomic E-state index is 9.54. The van der Waals surface area contributed by atoms with Gasteiger partial charge in [0.1, 0.15) is 5.82 Å². The molecule has 88 valence electrons. The molecular formula is C12H19N3O. The number of aromatic nitrogens is 2. The Morgan fingerprint density at radius 2 is 2.12 bits per heavy atom. The Bertz CT molecular complexity index is 304. The Kier molecular flexibility index (Phi) is 4.25. The molecule has 0 aliphatic heterocycles. The summed E-state index contributed by atoms with van der Waals surface area (Å²) in [5.41, 5.74) is 0. The van der Waals surface area contributed by atoms with Gasteiger partial charge in [0, 0.05) is 12.4 Å². The summed E-state index contributed by atoms with van der Waals surface area (Å²) in [6.07, 6.45) is 7.70. The summed E-state index contributed by atoms with van der Waals surface area (Å²) >= 11 is 0. The first-order chi connectivity index (χ1) is 7.84. The lowest BCUT2D eigenvalue weighted by molar-refractivity contribution is 0.100. The quantitative estimate of drug-likeness (QED) is 0.800. The van der Waals surface area contributed by atoms with Crippen molar-refractivity contribution in [3.05, 3.63) is 24.3 Å². The third-order valence-electron chi connectivity index (χ3n) is 3.09. The number of nitrogens with one attached hydrogen (secondary N) is 1. The molecular weight excluding hydrogens is 202 g/mol. The van der Waals surface area contributed by atoms with E-state index in [-0.39, 0.29) is 6.10 Å². The summed E-state index contributed by atoms with van der Waals surface area (Å²) in [7, 11) is 0. The molecule has 0 radical (unpaired) electrons. The molecule has 2 unspecified atom stereocenters. The largest absolute Gasteiger partial charge is 0.393 e. The molecule has 1 aromatic rings. The highest BCUT2D eigenvalue weighted by Gasteiger charge is 2.19. The van der Waals surface area contributed by atoms with E-state index in [4.69, 9.17) is 0 Å². The number of rotatable bonds is 4. The molecule has 0 aromatic carbocycles. The van der Waals surface area contributed by atoms with Gasteiger partial charge in [0.25, 0.3) is 0 Å². The molecule has 0 bridgehead atoms. The zero-order chi connectivity index (χ0) is 11.2. The average Bonchev–Trinajstić information content (AvgIpc) is 2.30. The Hall–Kier alpha value is -1.00. The molecule has 0 spiro atoms. The number of aliphatic hydroxyl groups excluding tert-OH is 1. The fourth-order valence-electron chi connectivity index (χ4n) is 2.26. The van der Waals surface area contributed by atoms with Crippen molar-refractivity contribution in [2.75, 3.05) is 6.54 Å². The molecule has 0 amide bonds. The third kappa shape index (κ3) is 3.54. The maximum absolute atomic E-state index is 9.54. The molecule has 1 heterocycles. The van der Waals surface area contributed by atoms with E-state index in [1.165, 1.54) is 6.42 Å². The van der Waals surface area contributed by atoms with E-state index >= 15 is 0 Å². The van der Waals surface area contributed by atoms with Crippen molar-refractivity contribution in [3.8, 4) is 0 Å². The predicted molar refractivity (Wildman–Crippen MR) is 61.7 cm³/mol. The van der Waals surface area contributed by atoms with E-state index in [1.807, 2.05) is 6.07 Å². The van der Waals surface area contributed by atoms with E-state index in [2.05, 4.69) is 15.3 Å². The Labute approximate surface area is 96.1 Å². The average molecular weight is 221 g/mol. The van der Waals surface area contributed by atoms with Crippen LogP contribution in [-0.4, -0.2) is 27.7 Å². The second-order valence-electron chi connectivity index (χ2n) is 4.48. The zero-order valence-corrected chi connectivity index (χ0v) is 9.47. The van der Waals surface area contributed by atoms with Gasteiger partial charge in [0.05, 0.1) is 12.6 Å². The van der Waals surface area contributed by atoms with E-state index < -0.39 is 0 Å². The topological polar surface area (TPSA) is 58.0 Å². The summed E-state index contributed by atoms with van der Waals surface area (Å²) in [5, 5.41) is 12.9. The molecule has 1 fully saturated rings. The van der Waals surface area contributed by atoms with Crippen LogP contribution >= 0.6 is 0 Å². The summed E-state index contributed by atoms with van der Waals surface area (Å²) in [6, 6.07) is 1.82. The van der Waals surface area contributed by atoms with Crippen LogP contribution in [0.15, 0.2) is 18.5 Å². The standard InChI is InChI=1S/C12H19N3O/c16-11-4-1-3-10(7-11)8-13-9-12-14-5-2-6-15-12/h2,5-6,10-11,13,16H,1,3-4,7-9H2. The Morgan fingerprint density at radius 3 is 2.88 bits per heavy atom. The lowest BCUT2D eigenvalue weighted by Crippen LogP contribution is -2.29. The highest BCUT2D eigenvalue weighted by molar-refractivity contribution is 4.88. The van der Waals surface area contributed by atoms with Crippen molar-refractivity contribution in [3.63, 3.8) is 0 Å².